The average molecular weight is 435 g/mol. The molecule has 0 radical (unpaired) electrons. The predicted molar refractivity (Wildman–Crippen MR) is 108 cm³/mol. The van der Waals surface area contributed by atoms with Gasteiger partial charge in [-0.15, -0.1) is 16.8 Å². The van der Waals surface area contributed by atoms with E-state index in [0.717, 1.165) is 20.6 Å². The number of carbonyl (C=O) groups is 1. The number of hydrogen-bond acceptors (Lipinski definition) is 6. The number of nitrogens with zero attached hydrogens (tertiary/aromatic N) is 4. The molecule has 0 saturated carbocycles. The number of halogens is 1. The summed E-state index contributed by atoms with van der Waals surface area (Å²) in [6.45, 7) is 7.97. The van der Waals surface area contributed by atoms with Crippen LogP contribution in [0.1, 0.15) is 17.5 Å². The van der Waals surface area contributed by atoms with Gasteiger partial charge in [0.25, 0.3) is 5.91 Å². The number of benzene rings is 1. The highest BCUT2D eigenvalue weighted by atomic mass is 79.9. The van der Waals surface area contributed by atoms with Crippen LogP contribution in [0.15, 0.2) is 51.3 Å². The molecule has 0 spiro atoms. The maximum Gasteiger partial charge on any atom is 0.267 e. The minimum absolute atomic E-state index is 0.0645. The van der Waals surface area contributed by atoms with Crippen molar-refractivity contribution < 1.29 is 4.79 Å². The lowest BCUT2D eigenvalue weighted by molar-refractivity contribution is -0.121. The molecule has 3 rings (SSSR count). The Morgan fingerprint density at radius 1 is 1.36 bits per heavy atom. The fourth-order valence-corrected chi connectivity index (χ4v) is 4.19. The minimum atomic E-state index is -0.0645. The highest BCUT2D eigenvalue weighted by Crippen LogP contribution is 2.38. The van der Waals surface area contributed by atoms with E-state index >= 15 is 0 Å². The summed E-state index contributed by atoms with van der Waals surface area (Å²) in [6, 6.07) is 7.90. The molecule has 1 aromatic carbocycles. The minimum Gasteiger partial charge on any atom is -0.282 e. The zero-order chi connectivity index (χ0) is 18.0. The van der Waals surface area contributed by atoms with Gasteiger partial charge in [0.1, 0.15) is 5.01 Å². The van der Waals surface area contributed by atoms with Gasteiger partial charge in [-0.2, -0.15) is 4.99 Å². The van der Waals surface area contributed by atoms with Gasteiger partial charge < -0.3 is 0 Å². The van der Waals surface area contributed by atoms with Gasteiger partial charge in [0, 0.05) is 11.0 Å². The molecule has 1 aromatic heterocycles. The Kier molecular flexibility index (Phi) is 5.51. The molecule has 8 heteroatoms. The lowest BCUT2D eigenvalue weighted by Gasteiger charge is -2.12. The molecule has 0 bridgehead atoms. The van der Waals surface area contributed by atoms with E-state index in [1.54, 1.807) is 11.0 Å². The van der Waals surface area contributed by atoms with Crippen LogP contribution in [0.4, 0.5) is 5.13 Å². The fourth-order valence-electron chi connectivity index (χ4n) is 2.25. The first-order chi connectivity index (χ1) is 12.0. The molecule has 1 aliphatic heterocycles. The molecule has 2 aromatic rings. The quantitative estimate of drug-likeness (QED) is 0.512. The van der Waals surface area contributed by atoms with Crippen LogP contribution in [0.25, 0.3) is 5.57 Å². The van der Waals surface area contributed by atoms with Crippen molar-refractivity contribution in [3.63, 3.8) is 0 Å². The number of allylic oxidation sites excluding steroid dienone is 1. The van der Waals surface area contributed by atoms with Crippen molar-refractivity contribution in [3.8, 4) is 0 Å². The summed E-state index contributed by atoms with van der Waals surface area (Å²) in [5, 5.41) is 9.98. The molecule has 128 valence electrons. The highest BCUT2D eigenvalue weighted by Gasteiger charge is 2.34. The van der Waals surface area contributed by atoms with Crippen LogP contribution in [-0.2, 0) is 4.79 Å². The molecule has 1 amide bonds. The number of hydrogen-bond donors (Lipinski definition) is 0. The molecule has 2 heterocycles. The summed E-state index contributed by atoms with van der Waals surface area (Å²) >= 11 is 6.19. The van der Waals surface area contributed by atoms with Crippen LogP contribution in [-0.4, -0.2) is 32.7 Å². The second-order valence-corrected chi connectivity index (χ2v) is 8.32. The second-order valence-electron chi connectivity index (χ2n) is 5.27. The van der Waals surface area contributed by atoms with Crippen molar-refractivity contribution in [3.05, 3.63) is 56.9 Å². The monoisotopic (exact) mass is 434 g/mol. The summed E-state index contributed by atoms with van der Waals surface area (Å²) in [7, 11) is 0. The van der Waals surface area contributed by atoms with Gasteiger partial charge >= 0.3 is 0 Å². The molecule has 1 fully saturated rings. The maximum atomic E-state index is 12.9. The smallest absolute Gasteiger partial charge is 0.267 e. The lowest BCUT2D eigenvalue weighted by Crippen LogP contribution is -2.29. The Bertz CT molecular complexity index is 886. The van der Waals surface area contributed by atoms with Crippen molar-refractivity contribution in [2.24, 2.45) is 4.99 Å². The first-order valence-corrected chi connectivity index (χ1v) is 9.88. The summed E-state index contributed by atoms with van der Waals surface area (Å²) < 4.78 is 1.00. The zero-order valence-electron chi connectivity index (χ0n) is 13.7. The standard InChI is InChI=1S/C17H15BrN4OS2/c1-4-9-22-15(23)14(10(2)12-5-7-13(18)8-6-12)25-17(22)19-16-21-20-11(3)24-16/h4-8H,1,9H2,2-3H3/b14-10-,19-17+. The molecular formula is C17H15BrN4OS2. The van der Waals surface area contributed by atoms with Crippen molar-refractivity contribution in [2.45, 2.75) is 13.8 Å². The van der Waals surface area contributed by atoms with Gasteiger partial charge in [0.05, 0.1) is 4.91 Å². The number of thioether (sulfide) groups is 1. The summed E-state index contributed by atoms with van der Waals surface area (Å²) in [6.07, 6.45) is 1.69. The van der Waals surface area contributed by atoms with Crippen LogP contribution < -0.4 is 0 Å². The van der Waals surface area contributed by atoms with Gasteiger partial charge in [-0.1, -0.05) is 45.5 Å². The highest BCUT2D eigenvalue weighted by molar-refractivity contribution is 9.10. The van der Waals surface area contributed by atoms with E-state index in [2.05, 4.69) is 37.7 Å². The van der Waals surface area contributed by atoms with Crippen molar-refractivity contribution in [1.29, 1.82) is 0 Å². The van der Waals surface area contributed by atoms with Crippen molar-refractivity contribution in [1.82, 2.24) is 15.1 Å². The summed E-state index contributed by atoms with van der Waals surface area (Å²) in [4.78, 5) is 19.7. The SMILES string of the molecule is C=CCN1C(=O)/C(=C(\C)c2ccc(Br)cc2)S/C1=N/c1nnc(C)s1. The molecule has 0 N–H and O–H groups in total. The third kappa shape index (κ3) is 3.91. The number of amidine groups is 1. The number of aromatic nitrogens is 2. The van der Waals surface area contributed by atoms with Gasteiger partial charge in [-0.25, -0.2) is 0 Å². The number of aryl methyl sites for hydroxylation is 1. The molecule has 1 aliphatic rings. The van der Waals surface area contributed by atoms with Crippen LogP contribution >= 0.6 is 39.0 Å². The summed E-state index contributed by atoms with van der Waals surface area (Å²) in [5.41, 5.74) is 1.93. The molecule has 25 heavy (non-hydrogen) atoms. The number of amides is 1. The third-order valence-corrected chi connectivity index (χ3v) is 5.94. The van der Waals surface area contributed by atoms with Crippen LogP contribution in [0.2, 0.25) is 0 Å². The first-order valence-electron chi connectivity index (χ1n) is 7.46. The van der Waals surface area contributed by atoms with Gasteiger partial charge in [-0.3, -0.25) is 9.69 Å². The Morgan fingerprint density at radius 2 is 2.08 bits per heavy atom. The maximum absolute atomic E-state index is 12.9. The average Bonchev–Trinajstić information content (AvgIpc) is 3.13. The number of carbonyl (C=O) groups excluding carboxylic acids is 1. The fraction of sp³-hybridized carbons (Fsp3) is 0.176. The molecule has 5 nitrogen and oxygen atoms in total. The largest absolute Gasteiger partial charge is 0.282 e. The van der Waals surface area contributed by atoms with Crippen LogP contribution in [0, 0.1) is 6.92 Å². The van der Waals surface area contributed by atoms with Crippen molar-refractivity contribution in [2.75, 3.05) is 6.54 Å². The summed E-state index contributed by atoms with van der Waals surface area (Å²) in [5.74, 6) is -0.0645. The van der Waals surface area contributed by atoms with E-state index in [-0.39, 0.29) is 5.91 Å². The predicted octanol–water partition coefficient (Wildman–Crippen LogP) is 4.79. The van der Waals surface area contributed by atoms with E-state index in [9.17, 15) is 4.79 Å². The molecule has 0 aliphatic carbocycles. The number of aliphatic imine (C=N–C) groups is 1. The normalized spacial score (nSPS) is 18.1. The van der Waals surface area contributed by atoms with Gasteiger partial charge in [0.15, 0.2) is 5.17 Å². The second kappa shape index (κ2) is 7.63. The van der Waals surface area contributed by atoms with Crippen molar-refractivity contribution >= 4 is 60.8 Å². The Labute approximate surface area is 162 Å². The third-order valence-electron chi connectivity index (χ3n) is 3.50. The van der Waals surface area contributed by atoms with E-state index < -0.39 is 0 Å². The number of rotatable bonds is 4. The van der Waals surface area contributed by atoms with Crippen LogP contribution in [0.5, 0.6) is 0 Å². The van der Waals surface area contributed by atoms with Gasteiger partial charge in [-0.05, 0) is 48.9 Å². The van der Waals surface area contributed by atoms with E-state index in [0.29, 0.717) is 21.7 Å². The zero-order valence-corrected chi connectivity index (χ0v) is 16.9. The molecule has 1 saturated heterocycles. The first kappa shape index (κ1) is 18.0. The molecule has 0 atom stereocenters. The van der Waals surface area contributed by atoms with E-state index in [1.165, 1.54) is 23.1 Å². The Morgan fingerprint density at radius 3 is 2.68 bits per heavy atom. The Balaban J connectivity index is 2.00. The Hall–Kier alpha value is -1.77. The van der Waals surface area contributed by atoms with E-state index in [1.807, 2.05) is 38.1 Å². The van der Waals surface area contributed by atoms with Crippen LogP contribution in [0.3, 0.4) is 0 Å². The van der Waals surface area contributed by atoms with E-state index in [4.69, 9.17) is 0 Å². The topological polar surface area (TPSA) is 58.5 Å². The van der Waals surface area contributed by atoms with Gasteiger partial charge in [0.2, 0.25) is 5.13 Å². The molecular weight excluding hydrogens is 420 g/mol. The molecule has 0 unspecified atom stereocenters. The lowest BCUT2D eigenvalue weighted by atomic mass is 10.1.